The van der Waals surface area contributed by atoms with E-state index in [9.17, 15) is 9.59 Å². The van der Waals surface area contributed by atoms with E-state index < -0.39 is 24.5 Å². The predicted molar refractivity (Wildman–Crippen MR) is 93.6 cm³/mol. The Bertz CT molecular complexity index is 802. The van der Waals surface area contributed by atoms with Gasteiger partial charge in [-0.3, -0.25) is 4.79 Å². The van der Waals surface area contributed by atoms with Gasteiger partial charge in [0.1, 0.15) is 0 Å². The van der Waals surface area contributed by atoms with Crippen molar-refractivity contribution < 1.29 is 19.4 Å². The molecule has 0 saturated carbocycles. The Labute approximate surface area is 145 Å². The van der Waals surface area contributed by atoms with Crippen molar-refractivity contribution >= 4 is 17.6 Å². The number of hydrogen-bond acceptors (Lipinski definition) is 5. The Hall–Kier alpha value is -3.30. The van der Waals surface area contributed by atoms with E-state index in [2.05, 4.69) is 21.9 Å². The average molecular weight is 338 g/mol. The van der Waals surface area contributed by atoms with Gasteiger partial charge >= 0.3 is 5.97 Å². The number of hydrogen-bond donors (Lipinski definition) is 3. The van der Waals surface area contributed by atoms with Crippen molar-refractivity contribution in [2.75, 3.05) is 19.5 Å². The molecule has 0 radical (unpaired) electrons. The number of nitrogens with two attached hydrogens (primary N) is 1. The number of methoxy groups -OCH3 is 1. The average Bonchev–Trinajstić information content (AvgIpc) is 2.65. The molecule has 0 aromatic heterocycles. The molecule has 2 aromatic rings. The largest absolute Gasteiger partial charge is 0.467 e. The van der Waals surface area contributed by atoms with Crippen LogP contribution in [-0.4, -0.2) is 36.7 Å². The van der Waals surface area contributed by atoms with Crippen LogP contribution in [0.15, 0.2) is 48.5 Å². The SMILES string of the molecule is COC(=O)[C@H](CO)NC(=O)c1ccc(C#Cc2ccc(N)cc2)cc1. The quantitative estimate of drug-likeness (QED) is 0.437. The van der Waals surface area contributed by atoms with Gasteiger partial charge in [0.05, 0.1) is 13.7 Å². The highest BCUT2D eigenvalue weighted by Gasteiger charge is 2.20. The van der Waals surface area contributed by atoms with Gasteiger partial charge in [-0.05, 0) is 48.5 Å². The third-order valence-electron chi connectivity index (χ3n) is 3.38. The van der Waals surface area contributed by atoms with Gasteiger partial charge in [-0.2, -0.15) is 0 Å². The molecule has 0 spiro atoms. The molecule has 6 nitrogen and oxygen atoms in total. The van der Waals surface area contributed by atoms with Crippen molar-refractivity contribution in [1.82, 2.24) is 5.32 Å². The molecule has 1 atom stereocenters. The van der Waals surface area contributed by atoms with Crippen LogP contribution in [0.2, 0.25) is 0 Å². The number of anilines is 1. The van der Waals surface area contributed by atoms with Crippen LogP contribution in [0.5, 0.6) is 0 Å². The lowest BCUT2D eigenvalue weighted by atomic mass is 10.1. The number of ether oxygens (including phenoxy) is 1. The first kappa shape index (κ1) is 18.0. The predicted octanol–water partition coefficient (Wildman–Crippen LogP) is 0.932. The summed E-state index contributed by atoms with van der Waals surface area (Å²) in [5, 5.41) is 11.5. The van der Waals surface area contributed by atoms with Gasteiger partial charge in [-0.15, -0.1) is 0 Å². The maximum atomic E-state index is 12.1. The van der Waals surface area contributed by atoms with E-state index in [1.807, 2.05) is 12.1 Å². The molecule has 0 aliphatic rings. The van der Waals surface area contributed by atoms with Crippen LogP contribution in [0, 0.1) is 11.8 Å². The molecule has 1 amide bonds. The van der Waals surface area contributed by atoms with Crippen molar-refractivity contribution in [3.63, 3.8) is 0 Å². The monoisotopic (exact) mass is 338 g/mol. The summed E-state index contributed by atoms with van der Waals surface area (Å²) in [5.41, 5.74) is 8.21. The summed E-state index contributed by atoms with van der Waals surface area (Å²) in [6.07, 6.45) is 0. The highest BCUT2D eigenvalue weighted by molar-refractivity contribution is 5.96. The minimum absolute atomic E-state index is 0.348. The summed E-state index contributed by atoms with van der Waals surface area (Å²) in [6, 6.07) is 12.7. The number of rotatable bonds is 4. The molecule has 0 saturated heterocycles. The second kappa shape index (κ2) is 8.52. The third kappa shape index (κ3) is 5.09. The number of esters is 1. The second-order valence-corrected chi connectivity index (χ2v) is 5.18. The van der Waals surface area contributed by atoms with Gasteiger partial charge in [0.2, 0.25) is 0 Å². The second-order valence-electron chi connectivity index (χ2n) is 5.18. The van der Waals surface area contributed by atoms with E-state index in [1.165, 1.54) is 7.11 Å². The number of aliphatic hydroxyl groups is 1. The maximum Gasteiger partial charge on any atom is 0.330 e. The molecule has 2 rings (SSSR count). The third-order valence-corrected chi connectivity index (χ3v) is 3.38. The zero-order chi connectivity index (χ0) is 18.2. The first-order valence-corrected chi connectivity index (χ1v) is 7.50. The fraction of sp³-hybridized carbons (Fsp3) is 0.158. The summed E-state index contributed by atoms with van der Waals surface area (Å²) in [7, 11) is 1.19. The fourth-order valence-electron chi connectivity index (χ4n) is 1.98. The summed E-state index contributed by atoms with van der Waals surface area (Å²) in [5.74, 6) is 4.80. The van der Waals surface area contributed by atoms with E-state index >= 15 is 0 Å². The lowest BCUT2D eigenvalue weighted by Crippen LogP contribution is -2.44. The molecule has 4 N–H and O–H groups in total. The van der Waals surface area contributed by atoms with E-state index in [0.717, 1.165) is 11.1 Å². The Balaban J connectivity index is 2.05. The molecule has 25 heavy (non-hydrogen) atoms. The van der Waals surface area contributed by atoms with Gasteiger partial charge < -0.3 is 20.9 Å². The van der Waals surface area contributed by atoms with Gasteiger partial charge in [0.15, 0.2) is 6.04 Å². The Morgan fingerprint density at radius 3 is 2.08 bits per heavy atom. The molecule has 0 heterocycles. The van der Waals surface area contributed by atoms with Crippen molar-refractivity contribution in [1.29, 1.82) is 0 Å². The van der Waals surface area contributed by atoms with Crippen LogP contribution in [0.3, 0.4) is 0 Å². The maximum absolute atomic E-state index is 12.1. The number of carbonyl (C=O) groups is 2. The molecule has 0 aliphatic heterocycles. The molecule has 0 bridgehead atoms. The molecular weight excluding hydrogens is 320 g/mol. The van der Waals surface area contributed by atoms with Crippen molar-refractivity contribution in [2.45, 2.75) is 6.04 Å². The summed E-state index contributed by atoms with van der Waals surface area (Å²) in [6.45, 7) is -0.538. The van der Waals surface area contributed by atoms with Gasteiger partial charge in [0.25, 0.3) is 5.91 Å². The van der Waals surface area contributed by atoms with Gasteiger partial charge in [-0.25, -0.2) is 4.79 Å². The summed E-state index contributed by atoms with van der Waals surface area (Å²) in [4.78, 5) is 23.5. The standard InChI is InChI=1S/C19H18N2O4/c1-25-19(24)17(12-22)21-18(23)15-8-4-13(5-9-15)2-3-14-6-10-16(20)11-7-14/h4-11,17,22H,12,20H2,1H3,(H,21,23)/t17-/m0/s1. The summed E-state index contributed by atoms with van der Waals surface area (Å²) < 4.78 is 4.50. The van der Waals surface area contributed by atoms with Crippen LogP contribution in [0.1, 0.15) is 21.5 Å². The van der Waals surface area contributed by atoms with Crippen LogP contribution in [-0.2, 0) is 9.53 Å². The molecule has 128 valence electrons. The molecule has 0 fully saturated rings. The van der Waals surface area contributed by atoms with Crippen molar-refractivity contribution in [3.05, 3.63) is 65.2 Å². The van der Waals surface area contributed by atoms with Crippen LogP contribution in [0.4, 0.5) is 5.69 Å². The topological polar surface area (TPSA) is 102 Å². The number of nitrogens with one attached hydrogen (secondary N) is 1. The normalized spacial score (nSPS) is 11.0. The molecule has 0 unspecified atom stereocenters. The number of carbonyl (C=O) groups excluding carboxylic acids is 2. The van der Waals surface area contributed by atoms with Gasteiger partial charge in [0, 0.05) is 22.4 Å². The van der Waals surface area contributed by atoms with Crippen LogP contribution >= 0.6 is 0 Å². The first-order valence-electron chi connectivity index (χ1n) is 7.50. The van der Waals surface area contributed by atoms with E-state index in [1.54, 1.807) is 36.4 Å². The fourth-order valence-corrected chi connectivity index (χ4v) is 1.98. The minimum atomic E-state index is -1.09. The number of amides is 1. The Kier molecular flexibility index (Phi) is 6.15. The van der Waals surface area contributed by atoms with Crippen LogP contribution in [0.25, 0.3) is 0 Å². The highest BCUT2D eigenvalue weighted by Crippen LogP contribution is 2.06. The van der Waals surface area contributed by atoms with E-state index in [0.29, 0.717) is 11.3 Å². The zero-order valence-electron chi connectivity index (χ0n) is 13.7. The number of nitrogen functional groups attached to an aromatic ring is 1. The van der Waals surface area contributed by atoms with Crippen LogP contribution < -0.4 is 11.1 Å². The minimum Gasteiger partial charge on any atom is -0.467 e. The van der Waals surface area contributed by atoms with Crippen molar-refractivity contribution in [2.24, 2.45) is 0 Å². The van der Waals surface area contributed by atoms with E-state index in [4.69, 9.17) is 10.8 Å². The zero-order valence-corrected chi connectivity index (χ0v) is 13.7. The first-order chi connectivity index (χ1) is 12.0. The molecular formula is C19H18N2O4. The van der Waals surface area contributed by atoms with E-state index in [-0.39, 0.29) is 0 Å². The molecule has 0 aliphatic carbocycles. The smallest absolute Gasteiger partial charge is 0.330 e. The lowest BCUT2D eigenvalue weighted by Gasteiger charge is -2.13. The summed E-state index contributed by atoms with van der Waals surface area (Å²) >= 11 is 0. The Morgan fingerprint density at radius 2 is 1.60 bits per heavy atom. The molecule has 2 aromatic carbocycles. The number of aliphatic hydroxyl groups excluding tert-OH is 1. The molecule has 6 heteroatoms. The van der Waals surface area contributed by atoms with Crippen molar-refractivity contribution in [3.8, 4) is 11.8 Å². The Morgan fingerprint density at radius 1 is 1.08 bits per heavy atom. The van der Waals surface area contributed by atoms with Gasteiger partial charge in [-0.1, -0.05) is 11.8 Å². The number of benzene rings is 2. The highest BCUT2D eigenvalue weighted by atomic mass is 16.5. The lowest BCUT2D eigenvalue weighted by molar-refractivity contribution is -0.143.